The van der Waals surface area contributed by atoms with Crippen LogP contribution < -0.4 is 0 Å². The van der Waals surface area contributed by atoms with Gasteiger partial charge in [0, 0.05) is 12.8 Å². The van der Waals surface area contributed by atoms with E-state index in [1.54, 1.807) is 6.20 Å². The number of likely N-dealkylation sites (tertiary alicyclic amines) is 1. The van der Waals surface area contributed by atoms with E-state index in [1.807, 2.05) is 0 Å². The van der Waals surface area contributed by atoms with Gasteiger partial charge in [0.05, 0.1) is 12.8 Å². The summed E-state index contributed by atoms with van der Waals surface area (Å²) >= 11 is 0. The Hall–Kier alpha value is -0.870. The van der Waals surface area contributed by atoms with Gasteiger partial charge in [-0.2, -0.15) is 0 Å². The maximum Gasteiger partial charge on any atom is 0.194 e. The van der Waals surface area contributed by atoms with Crippen LogP contribution in [0.2, 0.25) is 0 Å². The molecule has 0 spiro atoms. The monoisotopic (exact) mass is 224 g/mol. The Morgan fingerprint density at radius 1 is 1.50 bits per heavy atom. The smallest absolute Gasteiger partial charge is 0.194 e. The first kappa shape index (κ1) is 11.6. The molecular formula is C12H20N2O2. The molecule has 1 aliphatic heterocycles. The quantitative estimate of drug-likeness (QED) is 0.832. The number of hydrogen-bond acceptors (Lipinski definition) is 4. The first-order chi connectivity index (χ1) is 7.78. The van der Waals surface area contributed by atoms with Crippen LogP contribution in [0.25, 0.3) is 0 Å². The van der Waals surface area contributed by atoms with Gasteiger partial charge in [0.15, 0.2) is 5.89 Å². The standard InChI is InChI=1S/C12H20N2O2/c1-14-5-2-10(3-6-14)8-12-13-9-11(16-12)4-7-15/h9-10,15H,2-8H2,1H3. The third-order valence-corrected chi connectivity index (χ3v) is 3.26. The second kappa shape index (κ2) is 5.46. The molecule has 0 amide bonds. The zero-order valence-electron chi connectivity index (χ0n) is 9.85. The van der Waals surface area contributed by atoms with Gasteiger partial charge >= 0.3 is 0 Å². The third kappa shape index (κ3) is 3.06. The normalized spacial score (nSPS) is 19.1. The van der Waals surface area contributed by atoms with E-state index in [4.69, 9.17) is 9.52 Å². The van der Waals surface area contributed by atoms with Crippen LogP contribution in [0, 0.1) is 5.92 Å². The largest absolute Gasteiger partial charge is 0.446 e. The maximum absolute atomic E-state index is 8.79. The van der Waals surface area contributed by atoms with Crippen molar-refractivity contribution >= 4 is 0 Å². The predicted octanol–water partition coefficient (Wildman–Crippen LogP) is 1.09. The van der Waals surface area contributed by atoms with Crippen molar-refractivity contribution in [1.82, 2.24) is 9.88 Å². The van der Waals surface area contributed by atoms with Gasteiger partial charge in [-0.05, 0) is 38.9 Å². The topological polar surface area (TPSA) is 49.5 Å². The summed E-state index contributed by atoms with van der Waals surface area (Å²) in [6.45, 7) is 2.48. The summed E-state index contributed by atoms with van der Waals surface area (Å²) in [5.41, 5.74) is 0. The van der Waals surface area contributed by atoms with Crippen LogP contribution in [0.4, 0.5) is 0 Å². The lowest BCUT2D eigenvalue weighted by atomic mass is 9.94. The predicted molar refractivity (Wildman–Crippen MR) is 61.2 cm³/mol. The molecule has 16 heavy (non-hydrogen) atoms. The third-order valence-electron chi connectivity index (χ3n) is 3.26. The van der Waals surface area contributed by atoms with Crippen molar-refractivity contribution in [2.24, 2.45) is 5.92 Å². The van der Waals surface area contributed by atoms with E-state index >= 15 is 0 Å². The molecule has 1 N–H and O–H groups in total. The Morgan fingerprint density at radius 3 is 2.94 bits per heavy atom. The SMILES string of the molecule is CN1CCC(Cc2ncc(CCO)o2)CC1. The minimum absolute atomic E-state index is 0.128. The number of aliphatic hydroxyl groups excluding tert-OH is 1. The van der Waals surface area contributed by atoms with Crippen LogP contribution in [-0.4, -0.2) is 41.7 Å². The number of nitrogens with zero attached hydrogens (tertiary/aromatic N) is 2. The summed E-state index contributed by atoms with van der Waals surface area (Å²) in [6, 6.07) is 0. The zero-order chi connectivity index (χ0) is 11.4. The number of aliphatic hydroxyl groups is 1. The highest BCUT2D eigenvalue weighted by Gasteiger charge is 2.18. The fourth-order valence-corrected chi connectivity index (χ4v) is 2.18. The van der Waals surface area contributed by atoms with Gasteiger partial charge in [-0.25, -0.2) is 4.98 Å². The molecule has 0 radical (unpaired) electrons. The molecule has 0 bridgehead atoms. The van der Waals surface area contributed by atoms with Crippen LogP contribution in [-0.2, 0) is 12.8 Å². The first-order valence-electron chi connectivity index (χ1n) is 6.01. The van der Waals surface area contributed by atoms with Gasteiger partial charge in [-0.1, -0.05) is 0 Å². The summed E-state index contributed by atoms with van der Waals surface area (Å²) in [5, 5.41) is 8.79. The summed E-state index contributed by atoms with van der Waals surface area (Å²) in [5.74, 6) is 2.33. The van der Waals surface area contributed by atoms with E-state index in [0.717, 1.165) is 18.1 Å². The Morgan fingerprint density at radius 2 is 2.25 bits per heavy atom. The van der Waals surface area contributed by atoms with Crippen molar-refractivity contribution in [3.05, 3.63) is 17.8 Å². The molecule has 90 valence electrons. The van der Waals surface area contributed by atoms with Crippen molar-refractivity contribution < 1.29 is 9.52 Å². The van der Waals surface area contributed by atoms with Gasteiger partial charge < -0.3 is 14.4 Å². The molecule has 1 aromatic heterocycles. The number of oxazole rings is 1. The van der Waals surface area contributed by atoms with Gasteiger partial charge in [0.25, 0.3) is 0 Å². The summed E-state index contributed by atoms with van der Waals surface area (Å²) in [7, 11) is 2.17. The lowest BCUT2D eigenvalue weighted by Crippen LogP contribution is -2.30. The average molecular weight is 224 g/mol. The first-order valence-corrected chi connectivity index (χ1v) is 6.01. The van der Waals surface area contributed by atoms with Crippen LogP contribution in [0.15, 0.2) is 10.6 Å². The molecule has 0 saturated carbocycles. The van der Waals surface area contributed by atoms with Crippen molar-refractivity contribution in [3.8, 4) is 0 Å². The second-order valence-corrected chi connectivity index (χ2v) is 4.64. The van der Waals surface area contributed by atoms with E-state index in [2.05, 4.69) is 16.9 Å². The molecular weight excluding hydrogens is 204 g/mol. The number of hydrogen-bond donors (Lipinski definition) is 1. The lowest BCUT2D eigenvalue weighted by molar-refractivity contribution is 0.211. The molecule has 4 heteroatoms. The highest BCUT2D eigenvalue weighted by Crippen LogP contribution is 2.20. The highest BCUT2D eigenvalue weighted by atomic mass is 16.4. The Balaban J connectivity index is 1.83. The fraction of sp³-hybridized carbons (Fsp3) is 0.750. The Labute approximate surface area is 96.3 Å². The molecule has 2 rings (SSSR count). The van der Waals surface area contributed by atoms with Gasteiger partial charge in [-0.3, -0.25) is 0 Å². The second-order valence-electron chi connectivity index (χ2n) is 4.64. The Kier molecular flexibility index (Phi) is 3.96. The lowest BCUT2D eigenvalue weighted by Gasteiger charge is -2.28. The summed E-state index contributed by atoms with van der Waals surface area (Å²) < 4.78 is 5.57. The molecule has 0 atom stereocenters. The van der Waals surface area contributed by atoms with E-state index in [1.165, 1.54) is 25.9 Å². The van der Waals surface area contributed by atoms with Crippen LogP contribution in [0.3, 0.4) is 0 Å². The summed E-state index contributed by atoms with van der Waals surface area (Å²) in [4.78, 5) is 6.62. The molecule has 4 nitrogen and oxygen atoms in total. The number of aromatic nitrogens is 1. The van der Waals surface area contributed by atoms with Gasteiger partial charge in [0.2, 0.25) is 0 Å². The van der Waals surface area contributed by atoms with Crippen LogP contribution >= 0.6 is 0 Å². The molecule has 0 aliphatic carbocycles. The molecule has 1 aromatic rings. The van der Waals surface area contributed by atoms with Gasteiger partial charge in [-0.15, -0.1) is 0 Å². The van der Waals surface area contributed by atoms with E-state index < -0.39 is 0 Å². The minimum Gasteiger partial charge on any atom is -0.446 e. The Bertz CT molecular complexity index is 317. The number of piperidine rings is 1. The molecule has 1 fully saturated rings. The van der Waals surface area contributed by atoms with Crippen LogP contribution in [0.5, 0.6) is 0 Å². The fourth-order valence-electron chi connectivity index (χ4n) is 2.18. The van der Waals surface area contributed by atoms with Crippen molar-refractivity contribution in [3.63, 3.8) is 0 Å². The zero-order valence-corrected chi connectivity index (χ0v) is 9.85. The van der Waals surface area contributed by atoms with E-state index in [0.29, 0.717) is 12.3 Å². The van der Waals surface area contributed by atoms with Crippen molar-refractivity contribution in [2.45, 2.75) is 25.7 Å². The van der Waals surface area contributed by atoms with E-state index in [-0.39, 0.29) is 6.61 Å². The van der Waals surface area contributed by atoms with Gasteiger partial charge in [0.1, 0.15) is 5.76 Å². The molecule has 1 saturated heterocycles. The van der Waals surface area contributed by atoms with Crippen molar-refractivity contribution in [2.75, 3.05) is 26.7 Å². The minimum atomic E-state index is 0.128. The molecule has 2 heterocycles. The molecule has 0 aromatic carbocycles. The van der Waals surface area contributed by atoms with Crippen molar-refractivity contribution in [1.29, 1.82) is 0 Å². The molecule has 1 aliphatic rings. The molecule has 0 unspecified atom stereocenters. The van der Waals surface area contributed by atoms with Crippen LogP contribution in [0.1, 0.15) is 24.5 Å². The maximum atomic E-state index is 8.79. The number of rotatable bonds is 4. The highest BCUT2D eigenvalue weighted by molar-refractivity contribution is 4.95. The summed E-state index contributed by atoms with van der Waals surface area (Å²) in [6.07, 6.45) is 5.71. The average Bonchev–Trinajstić information content (AvgIpc) is 2.70. The van der Waals surface area contributed by atoms with E-state index in [9.17, 15) is 0 Å².